The summed E-state index contributed by atoms with van der Waals surface area (Å²) in [5.74, 6) is 0. The Kier molecular flexibility index (Phi) is 2.26. The summed E-state index contributed by atoms with van der Waals surface area (Å²) in [7, 11) is 0. The van der Waals surface area contributed by atoms with E-state index in [1.807, 2.05) is 13.8 Å². The SMILES string of the molecule is CC(C)(CO)C1(O)CCCC1. The molecule has 0 aromatic carbocycles. The van der Waals surface area contributed by atoms with Crippen molar-refractivity contribution < 1.29 is 10.2 Å². The lowest BCUT2D eigenvalue weighted by atomic mass is 9.74. The molecule has 1 saturated carbocycles. The zero-order valence-electron chi connectivity index (χ0n) is 7.43. The first-order valence-electron chi connectivity index (χ1n) is 4.35. The predicted octanol–water partition coefficient (Wildman–Crippen LogP) is 1.31. The van der Waals surface area contributed by atoms with Gasteiger partial charge < -0.3 is 10.2 Å². The first kappa shape index (κ1) is 9.01. The summed E-state index contributed by atoms with van der Waals surface area (Å²) in [5.41, 5.74) is -0.939. The molecule has 0 atom stereocenters. The van der Waals surface area contributed by atoms with Crippen molar-refractivity contribution >= 4 is 0 Å². The summed E-state index contributed by atoms with van der Waals surface area (Å²) in [5, 5.41) is 19.1. The molecule has 0 heterocycles. The number of aliphatic hydroxyl groups is 2. The third-order valence-corrected chi connectivity index (χ3v) is 3.09. The molecule has 1 fully saturated rings. The third-order valence-electron chi connectivity index (χ3n) is 3.09. The van der Waals surface area contributed by atoms with Gasteiger partial charge >= 0.3 is 0 Å². The number of hydrogen-bond donors (Lipinski definition) is 2. The Labute approximate surface area is 68.2 Å². The smallest absolute Gasteiger partial charge is 0.0720 e. The van der Waals surface area contributed by atoms with Gasteiger partial charge in [-0.05, 0) is 12.8 Å². The topological polar surface area (TPSA) is 40.5 Å². The van der Waals surface area contributed by atoms with Crippen LogP contribution < -0.4 is 0 Å². The van der Waals surface area contributed by atoms with Gasteiger partial charge in [-0.2, -0.15) is 0 Å². The number of rotatable bonds is 2. The van der Waals surface area contributed by atoms with Crippen molar-refractivity contribution in [1.29, 1.82) is 0 Å². The summed E-state index contributed by atoms with van der Waals surface area (Å²) >= 11 is 0. The molecule has 0 radical (unpaired) electrons. The minimum Gasteiger partial charge on any atom is -0.396 e. The lowest BCUT2D eigenvalue weighted by Gasteiger charge is -2.38. The van der Waals surface area contributed by atoms with Gasteiger partial charge in [0.25, 0.3) is 0 Å². The molecule has 2 heteroatoms. The first-order chi connectivity index (χ1) is 5.02. The second-order valence-electron chi connectivity index (χ2n) is 4.28. The fourth-order valence-corrected chi connectivity index (χ4v) is 1.78. The molecule has 11 heavy (non-hydrogen) atoms. The highest BCUT2D eigenvalue weighted by molar-refractivity contribution is 4.96. The average Bonchev–Trinajstić information content (AvgIpc) is 2.38. The van der Waals surface area contributed by atoms with Gasteiger partial charge in [0.15, 0.2) is 0 Å². The molecule has 0 unspecified atom stereocenters. The lowest BCUT2D eigenvalue weighted by Crippen LogP contribution is -2.44. The van der Waals surface area contributed by atoms with E-state index in [1.165, 1.54) is 0 Å². The van der Waals surface area contributed by atoms with E-state index in [0.29, 0.717) is 0 Å². The second-order valence-corrected chi connectivity index (χ2v) is 4.28. The van der Waals surface area contributed by atoms with Crippen LogP contribution >= 0.6 is 0 Å². The first-order valence-corrected chi connectivity index (χ1v) is 4.35. The zero-order chi connectivity index (χ0) is 8.54. The lowest BCUT2D eigenvalue weighted by molar-refractivity contribution is -0.0850. The molecule has 66 valence electrons. The monoisotopic (exact) mass is 158 g/mol. The number of hydrogen-bond acceptors (Lipinski definition) is 2. The Balaban J connectivity index is 2.69. The summed E-state index contributed by atoms with van der Waals surface area (Å²) < 4.78 is 0. The molecule has 2 nitrogen and oxygen atoms in total. The van der Waals surface area contributed by atoms with Crippen molar-refractivity contribution in [1.82, 2.24) is 0 Å². The summed E-state index contributed by atoms with van der Waals surface area (Å²) in [4.78, 5) is 0. The molecule has 0 spiro atoms. The van der Waals surface area contributed by atoms with Gasteiger partial charge in [0, 0.05) is 5.41 Å². The fraction of sp³-hybridized carbons (Fsp3) is 1.00. The second kappa shape index (κ2) is 2.76. The van der Waals surface area contributed by atoms with Crippen molar-refractivity contribution in [2.45, 2.75) is 45.1 Å². The largest absolute Gasteiger partial charge is 0.396 e. The maximum atomic E-state index is 10.1. The van der Waals surface area contributed by atoms with Gasteiger partial charge in [0.2, 0.25) is 0 Å². The van der Waals surface area contributed by atoms with Crippen LogP contribution in [-0.2, 0) is 0 Å². The van der Waals surface area contributed by atoms with Gasteiger partial charge in [-0.25, -0.2) is 0 Å². The highest BCUT2D eigenvalue weighted by Crippen LogP contribution is 2.42. The minimum atomic E-state index is -0.609. The van der Waals surface area contributed by atoms with E-state index in [0.717, 1.165) is 25.7 Å². The summed E-state index contributed by atoms with van der Waals surface area (Å²) in [6.07, 6.45) is 3.89. The molecule has 1 aliphatic rings. The Morgan fingerprint density at radius 1 is 1.27 bits per heavy atom. The molecule has 0 aromatic rings. The quantitative estimate of drug-likeness (QED) is 0.636. The van der Waals surface area contributed by atoms with E-state index in [2.05, 4.69) is 0 Å². The van der Waals surface area contributed by atoms with E-state index < -0.39 is 5.60 Å². The Bertz CT molecular complexity index is 134. The number of aliphatic hydroxyl groups excluding tert-OH is 1. The Morgan fingerprint density at radius 3 is 2.09 bits per heavy atom. The van der Waals surface area contributed by atoms with E-state index in [9.17, 15) is 5.11 Å². The van der Waals surface area contributed by atoms with Crippen LogP contribution in [0.5, 0.6) is 0 Å². The molecule has 0 bridgehead atoms. The maximum absolute atomic E-state index is 10.1. The van der Waals surface area contributed by atoms with Crippen LogP contribution in [0.3, 0.4) is 0 Å². The van der Waals surface area contributed by atoms with Crippen LogP contribution in [0.2, 0.25) is 0 Å². The predicted molar refractivity (Wildman–Crippen MR) is 44.3 cm³/mol. The van der Waals surface area contributed by atoms with Crippen molar-refractivity contribution in [2.75, 3.05) is 6.61 Å². The Hall–Kier alpha value is -0.0800. The van der Waals surface area contributed by atoms with Gasteiger partial charge in [-0.15, -0.1) is 0 Å². The van der Waals surface area contributed by atoms with Crippen LogP contribution in [-0.4, -0.2) is 22.4 Å². The Morgan fingerprint density at radius 2 is 1.73 bits per heavy atom. The van der Waals surface area contributed by atoms with Crippen molar-refractivity contribution in [3.63, 3.8) is 0 Å². The molecule has 2 N–H and O–H groups in total. The molecule has 0 aromatic heterocycles. The van der Waals surface area contributed by atoms with Crippen molar-refractivity contribution in [2.24, 2.45) is 5.41 Å². The zero-order valence-corrected chi connectivity index (χ0v) is 7.43. The van der Waals surface area contributed by atoms with E-state index >= 15 is 0 Å². The molecular formula is C9H18O2. The van der Waals surface area contributed by atoms with E-state index in [1.54, 1.807) is 0 Å². The molecule has 0 saturated heterocycles. The van der Waals surface area contributed by atoms with E-state index in [-0.39, 0.29) is 12.0 Å². The third kappa shape index (κ3) is 1.42. The molecule has 0 aliphatic heterocycles. The van der Waals surface area contributed by atoms with Crippen LogP contribution in [0, 0.1) is 5.41 Å². The van der Waals surface area contributed by atoms with Crippen molar-refractivity contribution in [3.05, 3.63) is 0 Å². The summed E-state index contributed by atoms with van der Waals surface area (Å²) in [6.45, 7) is 3.93. The average molecular weight is 158 g/mol. The van der Waals surface area contributed by atoms with Crippen LogP contribution in [0.4, 0.5) is 0 Å². The highest BCUT2D eigenvalue weighted by atomic mass is 16.3. The van der Waals surface area contributed by atoms with Crippen LogP contribution in [0.25, 0.3) is 0 Å². The van der Waals surface area contributed by atoms with Crippen LogP contribution in [0.1, 0.15) is 39.5 Å². The fourth-order valence-electron chi connectivity index (χ4n) is 1.78. The van der Waals surface area contributed by atoms with Gasteiger partial charge in [-0.1, -0.05) is 26.7 Å². The summed E-state index contributed by atoms with van der Waals surface area (Å²) in [6, 6.07) is 0. The van der Waals surface area contributed by atoms with Gasteiger partial charge in [0.1, 0.15) is 0 Å². The van der Waals surface area contributed by atoms with Gasteiger partial charge in [0.05, 0.1) is 12.2 Å². The molecule has 0 amide bonds. The van der Waals surface area contributed by atoms with Crippen LogP contribution in [0.15, 0.2) is 0 Å². The van der Waals surface area contributed by atoms with Crippen molar-refractivity contribution in [3.8, 4) is 0 Å². The minimum absolute atomic E-state index is 0.0729. The maximum Gasteiger partial charge on any atom is 0.0720 e. The highest BCUT2D eigenvalue weighted by Gasteiger charge is 2.44. The van der Waals surface area contributed by atoms with Gasteiger partial charge in [-0.3, -0.25) is 0 Å². The molecule has 1 rings (SSSR count). The molecule has 1 aliphatic carbocycles. The molecular weight excluding hydrogens is 140 g/mol. The van der Waals surface area contributed by atoms with E-state index in [4.69, 9.17) is 5.11 Å². The standard InChI is InChI=1S/C9H18O2/c1-8(2,7-10)9(11)5-3-4-6-9/h10-11H,3-7H2,1-2H3. The normalized spacial score (nSPS) is 24.0.